The molecule has 2 nitrogen and oxygen atoms in total. The Hall–Kier alpha value is -1.18. The standard InChI is InChI=1S/C16H25NO/c1-4-13-7-5-6-8-14(13)17-15-10-9-12(2)11-16(15)18-3/h9-11,13-14,17H,4-8H2,1-3H3. The summed E-state index contributed by atoms with van der Waals surface area (Å²) in [5, 5.41) is 3.70. The number of rotatable bonds is 4. The van der Waals surface area contributed by atoms with Gasteiger partial charge in [-0.05, 0) is 43.4 Å². The van der Waals surface area contributed by atoms with Crippen LogP contribution in [-0.4, -0.2) is 13.2 Å². The second-order valence-electron chi connectivity index (χ2n) is 5.41. The van der Waals surface area contributed by atoms with E-state index in [-0.39, 0.29) is 0 Å². The van der Waals surface area contributed by atoms with Crippen LogP contribution < -0.4 is 10.1 Å². The molecule has 0 amide bonds. The number of aryl methyl sites for hydroxylation is 1. The van der Waals surface area contributed by atoms with E-state index in [1.807, 2.05) is 0 Å². The van der Waals surface area contributed by atoms with Gasteiger partial charge in [-0.3, -0.25) is 0 Å². The van der Waals surface area contributed by atoms with Crippen LogP contribution in [0, 0.1) is 12.8 Å². The van der Waals surface area contributed by atoms with E-state index in [1.165, 1.54) is 37.7 Å². The van der Waals surface area contributed by atoms with Crippen LogP contribution in [-0.2, 0) is 0 Å². The van der Waals surface area contributed by atoms with Gasteiger partial charge in [0.2, 0.25) is 0 Å². The van der Waals surface area contributed by atoms with Crippen molar-refractivity contribution in [3.8, 4) is 5.75 Å². The van der Waals surface area contributed by atoms with Crippen molar-refractivity contribution in [2.45, 2.75) is 52.0 Å². The first-order chi connectivity index (χ1) is 8.74. The molecule has 0 aliphatic heterocycles. The number of ether oxygens (including phenoxy) is 1. The normalized spacial score (nSPS) is 23.7. The first kappa shape index (κ1) is 13.3. The van der Waals surface area contributed by atoms with Crippen LogP contribution in [0.1, 0.15) is 44.6 Å². The SMILES string of the molecule is CCC1CCCCC1Nc1ccc(C)cc1OC. The summed E-state index contributed by atoms with van der Waals surface area (Å²) in [4.78, 5) is 0. The smallest absolute Gasteiger partial charge is 0.142 e. The molecule has 0 radical (unpaired) electrons. The van der Waals surface area contributed by atoms with Crippen LogP contribution in [0.4, 0.5) is 5.69 Å². The maximum Gasteiger partial charge on any atom is 0.142 e. The Morgan fingerprint density at radius 1 is 1.28 bits per heavy atom. The van der Waals surface area contributed by atoms with Gasteiger partial charge in [-0.25, -0.2) is 0 Å². The summed E-state index contributed by atoms with van der Waals surface area (Å²) >= 11 is 0. The second-order valence-corrected chi connectivity index (χ2v) is 5.41. The summed E-state index contributed by atoms with van der Waals surface area (Å²) < 4.78 is 5.47. The monoisotopic (exact) mass is 247 g/mol. The van der Waals surface area contributed by atoms with Gasteiger partial charge in [-0.1, -0.05) is 32.3 Å². The van der Waals surface area contributed by atoms with Crippen molar-refractivity contribution in [2.24, 2.45) is 5.92 Å². The third kappa shape index (κ3) is 2.98. The number of hydrogen-bond acceptors (Lipinski definition) is 2. The molecule has 1 aromatic carbocycles. The number of methoxy groups -OCH3 is 1. The van der Waals surface area contributed by atoms with Crippen LogP contribution in [0.15, 0.2) is 18.2 Å². The summed E-state index contributed by atoms with van der Waals surface area (Å²) in [6.07, 6.45) is 6.66. The second kappa shape index (κ2) is 6.12. The minimum absolute atomic E-state index is 0.611. The topological polar surface area (TPSA) is 21.3 Å². The number of anilines is 1. The Balaban J connectivity index is 2.12. The maximum atomic E-state index is 5.47. The summed E-state index contributed by atoms with van der Waals surface area (Å²) in [5.41, 5.74) is 2.39. The zero-order valence-corrected chi connectivity index (χ0v) is 11.8. The Morgan fingerprint density at radius 3 is 2.78 bits per heavy atom. The Kier molecular flexibility index (Phi) is 4.51. The minimum atomic E-state index is 0.611. The molecular formula is C16H25NO. The molecular weight excluding hydrogens is 222 g/mol. The molecule has 2 unspecified atom stereocenters. The largest absolute Gasteiger partial charge is 0.495 e. The van der Waals surface area contributed by atoms with Gasteiger partial charge in [-0.15, -0.1) is 0 Å². The Labute approximate surface area is 111 Å². The third-order valence-corrected chi connectivity index (χ3v) is 4.13. The highest BCUT2D eigenvalue weighted by molar-refractivity contribution is 5.58. The first-order valence-corrected chi connectivity index (χ1v) is 7.15. The molecule has 1 aliphatic rings. The van der Waals surface area contributed by atoms with E-state index < -0.39 is 0 Å². The maximum absolute atomic E-state index is 5.47. The molecule has 100 valence electrons. The minimum Gasteiger partial charge on any atom is -0.495 e. The lowest BCUT2D eigenvalue weighted by Crippen LogP contribution is -2.31. The molecule has 2 heteroatoms. The van der Waals surface area contributed by atoms with E-state index >= 15 is 0 Å². The van der Waals surface area contributed by atoms with Crippen molar-refractivity contribution in [3.63, 3.8) is 0 Å². The average molecular weight is 247 g/mol. The molecule has 2 rings (SSSR count). The lowest BCUT2D eigenvalue weighted by Gasteiger charge is -2.32. The van der Waals surface area contributed by atoms with Crippen LogP contribution >= 0.6 is 0 Å². The molecule has 0 saturated heterocycles. The Morgan fingerprint density at radius 2 is 2.06 bits per heavy atom. The highest BCUT2D eigenvalue weighted by atomic mass is 16.5. The lowest BCUT2D eigenvalue weighted by molar-refractivity contribution is 0.316. The molecule has 2 atom stereocenters. The molecule has 0 aromatic heterocycles. The number of benzene rings is 1. The van der Waals surface area contributed by atoms with Gasteiger partial charge in [0.1, 0.15) is 5.75 Å². The highest BCUT2D eigenvalue weighted by Crippen LogP contribution is 2.32. The summed E-state index contributed by atoms with van der Waals surface area (Å²) in [5.74, 6) is 1.78. The molecule has 0 spiro atoms. The van der Waals surface area contributed by atoms with Crippen LogP contribution in [0.2, 0.25) is 0 Å². The zero-order chi connectivity index (χ0) is 13.0. The number of nitrogens with one attached hydrogen (secondary N) is 1. The quantitative estimate of drug-likeness (QED) is 0.852. The third-order valence-electron chi connectivity index (χ3n) is 4.13. The van der Waals surface area contributed by atoms with Crippen molar-refractivity contribution >= 4 is 5.69 Å². The van der Waals surface area contributed by atoms with Crippen molar-refractivity contribution < 1.29 is 4.74 Å². The summed E-state index contributed by atoms with van der Waals surface area (Å²) in [6, 6.07) is 7.01. The van der Waals surface area contributed by atoms with E-state index in [9.17, 15) is 0 Å². The van der Waals surface area contributed by atoms with Gasteiger partial charge in [0.05, 0.1) is 12.8 Å². The van der Waals surface area contributed by atoms with E-state index in [0.717, 1.165) is 17.4 Å². The van der Waals surface area contributed by atoms with Gasteiger partial charge >= 0.3 is 0 Å². The predicted octanol–water partition coefficient (Wildman–Crippen LogP) is 4.38. The highest BCUT2D eigenvalue weighted by Gasteiger charge is 2.24. The molecule has 0 bridgehead atoms. The molecule has 1 aliphatic carbocycles. The fourth-order valence-corrected chi connectivity index (χ4v) is 3.00. The van der Waals surface area contributed by atoms with Crippen molar-refractivity contribution in [3.05, 3.63) is 23.8 Å². The molecule has 0 heterocycles. The van der Waals surface area contributed by atoms with E-state index in [0.29, 0.717) is 6.04 Å². The molecule has 1 aromatic rings. The van der Waals surface area contributed by atoms with Crippen LogP contribution in [0.5, 0.6) is 5.75 Å². The molecule has 18 heavy (non-hydrogen) atoms. The molecule has 1 fully saturated rings. The Bertz CT molecular complexity index is 389. The number of hydrogen-bond donors (Lipinski definition) is 1. The van der Waals surface area contributed by atoms with Crippen molar-refractivity contribution in [2.75, 3.05) is 12.4 Å². The van der Waals surface area contributed by atoms with Gasteiger partial charge in [0.15, 0.2) is 0 Å². The average Bonchev–Trinajstić information content (AvgIpc) is 2.41. The van der Waals surface area contributed by atoms with E-state index in [4.69, 9.17) is 4.74 Å². The first-order valence-electron chi connectivity index (χ1n) is 7.15. The molecule has 1 saturated carbocycles. The summed E-state index contributed by atoms with van der Waals surface area (Å²) in [7, 11) is 1.75. The van der Waals surface area contributed by atoms with Gasteiger partial charge in [0, 0.05) is 6.04 Å². The molecule has 1 N–H and O–H groups in total. The van der Waals surface area contributed by atoms with Crippen LogP contribution in [0.3, 0.4) is 0 Å². The van der Waals surface area contributed by atoms with E-state index in [2.05, 4.69) is 37.4 Å². The van der Waals surface area contributed by atoms with Gasteiger partial charge < -0.3 is 10.1 Å². The predicted molar refractivity (Wildman–Crippen MR) is 77.4 cm³/mol. The lowest BCUT2D eigenvalue weighted by atomic mass is 9.83. The van der Waals surface area contributed by atoms with Crippen molar-refractivity contribution in [1.82, 2.24) is 0 Å². The zero-order valence-electron chi connectivity index (χ0n) is 11.8. The summed E-state index contributed by atoms with van der Waals surface area (Å²) in [6.45, 7) is 4.40. The van der Waals surface area contributed by atoms with Gasteiger partial charge in [-0.2, -0.15) is 0 Å². The fraction of sp³-hybridized carbons (Fsp3) is 0.625. The van der Waals surface area contributed by atoms with Crippen LogP contribution in [0.25, 0.3) is 0 Å². The van der Waals surface area contributed by atoms with E-state index in [1.54, 1.807) is 7.11 Å². The van der Waals surface area contributed by atoms with Crippen molar-refractivity contribution in [1.29, 1.82) is 0 Å². The fourth-order valence-electron chi connectivity index (χ4n) is 3.00. The van der Waals surface area contributed by atoms with Gasteiger partial charge in [0.25, 0.3) is 0 Å².